The summed E-state index contributed by atoms with van der Waals surface area (Å²) in [6, 6.07) is 16.9. The molecule has 5 nitrogen and oxygen atoms in total. The smallest absolute Gasteiger partial charge is 0.307 e. The van der Waals surface area contributed by atoms with Gasteiger partial charge in [0.2, 0.25) is 0 Å². The molecule has 1 N–H and O–H groups in total. The van der Waals surface area contributed by atoms with E-state index in [1.807, 2.05) is 0 Å². The Bertz CT molecular complexity index is 830. The van der Waals surface area contributed by atoms with Gasteiger partial charge in [0.15, 0.2) is 0 Å². The van der Waals surface area contributed by atoms with Crippen molar-refractivity contribution in [3.63, 3.8) is 0 Å². The Kier molecular flexibility index (Phi) is 6.27. The number of likely N-dealkylation sites (tertiary alicyclic amines) is 1. The third kappa shape index (κ3) is 4.69. The predicted molar refractivity (Wildman–Crippen MR) is 116 cm³/mol. The van der Waals surface area contributed by atoms with Gasteiger partial charge in [0, 0.05) is 31.0 Å². The van der Waals surface area contributed by atoms with E-state index >= 15 is 0 Å². The second kappa shape index (κ2) is 9.25. The van der Waals surface area contributed by atoms with E-state index in [0.29, 0.717) is 19.8 Å². The highest BCUT2D eigenvalue weighted by molar-refractivity contribution is 5.88. The van der Waals surface area contributed by atoms with Crippen LogP contribution in [0.1, 0.15) is 24.0 Å². The summed E-state index contributed by atoms with van der Waals surface area (Å²) >= 11 is 0. The Balaban J connectivity index is 1.34. The van der Waals surface area contributed by atoms with Crippen LogP contribution in [0.2, 0.25) is 0 Å². The molecule has 4 rings (SSSR count). The molecule has 0 bridgehead atoms. The molecule has 2 aliphatic rings. The van der Waals surface area contributed by atoms with Crippen molar-refractivity contribution in [3.05, 3.63) is 59.7 Å². The van der Waals surface area contributed by atoms with Gasteiger partial charge >= 0.3 is 5.97 Å². The molecule has 0 aliphatic carbocycles. The quantitative estimate of drug-likeness (QED) is 0.719. The lowest BCUT2D eigenvalue weighted by Crippen LogP contribution is -2.40. The second-order valence-corrected chi connectivity index (χ2v) is 7.69. The molecular formula is C24H28N2O3. The predicted octanol–water partition coefficient (Wildman–Crippen LogP) is 4.12. The topological polar surface area (TPSA) is 53.0 Å². The second-order valence-electron chi connectivity index (χ2n) is 7.69. The molecule has 2 aliphatic heterocycles. The van der Waals surface area contributed by atoms with Crippen molar-refractivity contribution in [1.29, 1.82) is 0 Å². The molecule has 0 radical (unpaired) electrons. The van der Waals surface area contributed by atoms with Crippen molar-refractivity contribution in [1.82, 2.24) is 4.90 Å². The summed E-state index contributed by atoms with van der Waals surface area (Å²) in [4.78, 5) is 15.7. The lowest BCUT2D eigenvalue weighted by Gasteiger charge is -2.30. The summed E-state index contributed by atoms with van der Waals surface area (Å²) in [5.74, 6) is -0.913. The van der Waals surface area contributed by atoms with Crippen LogP contribution in [0.15, 0.2) is 48.5 Å². The van der Waals surface area contributed by atoms with Crippen LogP contribution in [-0.2, 0) is 9.53 Å². The van der Waals surface area contributed by atoms with Crippen LogP contribution in [0.3, 0.4) is 0 Å². The van der Waals surface area contributed by atoms with E-state index in [1.54, 1.807) is 0 Å². The summed E-state index contributed by atoms with van der Waals surface area (Å²) in [6.07, 6.45) is 6.08. The number of rotatable bonds is 7. The van der Waals surface area contributed by atoms with E-state index in [-0.39, 0.29) is 5.92 Å². The summed E-state index contributed by atoms with van der Waals surface area (Å²) in [5, 5.41) is 9.22. The molecule has 2 aromatic carbocycles. The molecule has 0 amide bonds. The molecule has 1 fully saturated rings. The summed E-state index contributed by atoms with van der Waals surface area (Å²) in [6.45, 7) is 4.41. The number of hydrogen-bond donors (Lipinski definition) is 1. The maximum absolute atomic E-state index is 11.2. The van der Waals surface area contributed by atoms with Gasteiger partial charge in [-0.15, -0.1) is 0 Å². The maximum Gasteiger partial charge on any atom is 0.307 e. The highest BCUT2D eigenvalue weighted by atomic mass is 16.5. The fourth-order valence-corrected chi connectivity index (χ4v) is 4.21. The van der Waals surface area contributed by atoms with Gasteiger partial charge in [-0.3, -0.25) is 4.79 Å². The van der Waals surface area contributed by atoms with Crippen molar-refractivity contribution in [2.45, 2.75) is 12.8 Å². The number of ether oxygens (including phenoxy) is 1. The molecule has 2 aromatic rings. The van der Waals surface area contributed by atoms with Gasteiger partial charge in [0.05, 0.1) is 19.1 Å². The highest BCUT2D eigenvalue weighted by Crippen LogP contribution is 2.35. The normalized spacial score (nSPS) is 18.8. The van der Waals surface area contributed by atoms with Crippen LogP contribution in [0.4, 0.5) is 11.4 Å². The molecule has 152 valence electrons. The minimum atomic E-state index is -0.678. The zero-order valence-electron chi connectivity index (χ0n) is 16.7. The number of piperidine rings is 1. The van der Waals surface area contributed by atoms with E-state index in [1.165, 1.54) is 22.5 Å². The van der Waals surface area contributed by atoms with Crippen molar-refractivity contribution < 1.29 is 14.6 Å². The Morgan fingerprint density at radius 1 is 0.966 bits per heavy atom. The van der Waals surface area contributed by atoms with Crippen LogP contribution in [0, 0.1) is 5.92 Å². The SMILES string of the molecule is O=C(O)[C@@H]1CCCN(CCOCCN2c3ccccc3C=Cc3ccccc32)C1. The van der Waals surface area contributed by atoms with Gasteiger partial charge < -0.3 is 19.6 Å². The lowest BCUT2D eigenvalue weighted by molar-refractivity contribution is -0.143. The van der Waals surface area contributed by atoms with E-state index in [4.69, 9.17) is 4.74 Å². The van der Waals surface area contributed by atoms with E-state index in [9.17, 15) is 9.90 Å². The number of anilines is 2. The van der Waals surface area contributed by atoms with Gasteiger partial charge in [0.25, 0.3) is 0 Å². The molecule has 0 saturated carbocycles. The van der Waals surface area contributed by atoms with Gasteiger partial charge in [-0.1, -0.05) is 48.6 Å². The molecule has 2 heterocycles. The number of nitrogens with zero attached hydrogens (tertiary/aromatic N) is 2. The Hall–Kier alpha value is -2.63. The molecule has 1 atom stereocenters. The molecule has 5 heteroatoms. The van der Waals surface area contributed by atoms with Crippen LogP contribution in [-0.4, -0.2) is 55.4 Å². The lowest BCUT2D eigenvalue weighted by atomic mass is 9.98. The van der Waals surface area contributed by atoms with Crippen LogP contribution in [0.5, 0.6) is 0 Å². The third-order valence-corrected chi connectivity index (χ3v) is 5.76. The number of carboxylic acid groups (broad SMARTS) is 1. The Morgan fingerprint density at radius 2 is 1.59 bits per heavy atom. The number of para-hydroxylation sites is 2. The molecule has 0 aromatic heterocycles. The molecule has 0 unspecified atom stereocenters. The zero-order valence-corrected chi connectivity index (χ0v) is 16.7. The first-order chi connectivity index (χ1) is 14.2. The monoisotopic (exact) mass is 392 g/mol. The fourth-order valence-electron chi connectivity index (χ4n) is 4.21. The molecule has 29 heavy (non-hydrogen) atoms. The standard InChI is InChI=1S/C24H28N2O3/c27-24(28)21-8-5-13-25(18-21)14-16-29-17-15-26-22-9-3-1-6-19(22)11-12-20-7-2-4-10-23(20)26/h1-4,6-7,9-12,21H,5,8,13-18H2,(H,27,28)/t21-/m1/s1. The van der Waals surface area contributed by atoms with E-state index in [0.717, 1.165) is 32.5 Å². The van der Waals surface area contributed by atoms with Crippen molar-refractivity contribution in [3.8, 4) is 0 Å². The molecule has 1 saturated heterocycles. The molecule has 0 spiro atoms. The van der Waals surface area contributed by atoms with Gasteiger partial charge in [-0.2, -0.15) is 0 Å². The Labute approximate surface area is 172 Å². The van der Waals surface area contributed by atoms with Gasteiger partial charge in [-0.25, -0.2) is 0 Å². The largest absolute Gasteiger partial charge is 0.481 e. The molecular weight excluding hydrogens is 364 g/mol. The van der Waals surface area contributed by atoms with E-state index in [2.05, 4.69) is 70.5 Å². The number of hydrogen-bond acceptors (Lipinski definition) is 4. The van der Waals surface area contributed by atoms with Gasteiger partial charge in [-0.05, 0) is 42.6 Å². The van der Waals surface area contributed by atoms with Crippen LogP contribution in [0.25, 0.3) is 12.2 Å². The zero-order chi connectivity index (χ0) is 20.1. The highest BCUT2D eigenvalue weighted by Gasteiger charge is 2.25. The number of carbonyl (C=O) groups is 1. The number of aliphatic carboxylic acids is 1. The minimum Gasteiger partial charge on any atom is -0.481 e. The van der Waals surface area contributed by atoms with Crippen molar-refractivity contribution >= 4 is 29.5 Å². The summed E-state index contributed by atoms with van der Waals surface area (Å²) in [5.41, 5.74) is 4.80. The average Bonchev–Trinajstić information content (AvgIpc) is 2.91. The Morgan fingerprint density at radius 3 is 2.24 bits per heavy atom. The number of carboxylic acids is 1. The fraction of sp³-hybridized carbons (Fsp3) is 0.375. The minimum absolute atomic E-state index is 0.235. The number of fused-ring (bicyclic) bond motifs is 2. The van der Waals surface area contributed by atoms with Crippen LogP contribution >= 0.6 is 0 Å². The van der Waals surface area contributed by atoms with Crippen LogP contribution < -0.4 is 4.90 Å². The summed E-state index contributed by atoms with van der Waals surface area (Å²) < 4.78 is 5.95. The average molecular weight is 392 g/mol. The first-order valence-electron chi connectivity index (χ1n) is 10.4. The maximum atomic E-state index is 11.2. The third-order valence-electron chi connectivity index (χ3n) is 5.76. The van der Waals surface area contributed by atoms with Crippen molar-refractivity contribution in [2.24, 2.45) is 5.92 Å². The van der Waals surface area contributed by atoms with E-state index < -0.39 is 5.97 Å². The first kappa shape index (κ1) is 19.7. The first-order valence-corrected chi connectivity index (χ1v) is 10.4. The van der Waals surface area contributed by atoms with Crippen molar-refractivity contribution in [2.75, 3.05) is 44.3 Å². The number of benzene rings is 2. The summed E-state index contributed by atoms with van der Waals surface area (Å²) in [7, 11) is 0. The van der Waals surface area contributed by atoms with Gasteiger partial charge in [0.1, 0.15) is 0 Å².